The van der Waals surface area contributed by atoms with Crippen LogP contribution in [0.1, 0.15) is 22.3 Å². The number of fused-ring (bicyclic) bond motifs is 1. The number of hydrogen-bond donors (Lipinski definition) is 3. The molecule has 0 aliphatic rings. The number of carbonyl (C=O) groups is 2. The lowest BCUT2D eigenvalue weighted by atomic mass is 10.1. The van der Waals surface area contributed by atoms with Gasteiger partial charge in [0.05, 0.1) is 23.4 Å². The van der Waals surface area contributed by atoms with Gasteiger partial charge in [0, 0.05) is 17.8 Å². The molecule has 0 aliphatic heterocycles. The van der Waals surface area contributed by atoms with Gasteiger partial charge in [-0.3, -0.25) is 9.59 Å². The molecular weight excluding hydrogens is 318 g/mol. The number of amides is 2. The number of aromatic nitrogens is 2. The first-order chi connectivity index (χ1) is 12.2. The van der Waals surface area contributed by atoms with Gasteiger partial charge in [-0.15, -0.1) is 0 Å². The zero-order valence-corrected chi connectivity index (χ0v) is 13.2. The van der Waals surface area contributed by atoms with Gasteiger partial charge in [-0.1, -0.05) is 12.1 Å². The Balaban J connectivity index is 1.61. The summed E-state index contributed by atoms with van der Waals surface area (Å²) in [5.74, 6) is -0.527. The van der Waals surface area contributed by atoms with Crippen LogP contribution in [0.3, 0.4) is 0 Å². The molecule has 0 spiro atoms. The van der Waals surface area contributed by atoms with E-state index in [-0.39, 0.29) is 18.2 Å². The summed E-state index contributed by atoms with van der Waals surface area (Å²) in [6.07, 6.45) is 1.43. The Bertz CT molecular complexity index is 954. The SMILES string of the molecule is N#CCC(=O)NCc1ccc(NC(=O)c2ccc3nc[nH]c3c2)cc1. The molecule has 0 saturated carbocycles. The molecule has 0 unspecified atom stereocenters. The maximum absolute atomic E-state index is 12.3. The Kier molecular flexibility index (Phi) is 4.72. The monoisotopic (exact) mass is 333 g/mol. The number of imidazole rings is 1. The average molecular weight is 333 g/mol. The van der Waals surface area contributed by atoms with Gasteiger partial charge in [0.2, 0.25) is 5.91 Å². The first-order valence-electron chi connectivity index (χ1n) is 7.63. The molecule has 7 nitrogen and oxygen atoms in total. The van der Waals surface area contributed by atoms with Gasteiger partial charge in [-0.05, 0) is 35.9 Å². The number of H-pyrrole nitrogens is 1. The lowest BCUT2D eigenvalue weighted by Gasteiger charge is -2.07. The first kappa shape index (κ1) is 16.2. The molecule has 0 atom stereocenters. The average Bonchev–Trinajstić information content (AvgIpc) is 3.09. The molecule has 0 fully saturated rings. The molecule has 3 rings (SSSR count). The molecule has 3 aromatic rings. The minimum atomic E-state index is -0.311. The third-order valence-electron chi connectivity index (χ3n) is 3.62. The number of hydrogen-bond acceptors (Lipinski definition) is 4. The number of rotatable bonds is 5. The van der Waals surface area contributed by atoms with E-state index in [1.807, 2.05) is 0 Å². The van der Waals surface area contributed by atoms with Crippen LogP contribution in [-0.4, -0.2) is 21.8 Å². The van der Waals surface area contributed by atoms with Gasteiger partial charge in [-0.2, -0.15) is 5.26 Å². The molecule has 0 aliphatic carbocycles. The van der Waals surface area contributed by atoms with Gasteiger partial charge < -0.3 is 15.6 Å². The van der Waals surface area contributed by atoms with Gasteiger partial charge in [-0.25, -0.2) is 4.98 Å². The van der Waals surface area contributed by atoms with Crippen LogP contribution in [0.4, 0.5) is 5.69 Å². The van der Waals surface area contributed by atoms with Crippen LogP contribution in [0.15, 0.2) is 48.8 Å². The third kappa shape index (κ3) is 4.00. The number of nitriles is 1. The van der Waals surface area contributed by atoms with Crippen molar-refractivity contribution < 1.29 is 9.59 Å². The van der Waals surface area contributed by atoms with E-state index in [1.54, 1.807) is 54.9 Å². The molecule has 2 aromatic carbocycles. The molecule has 3 N–H and O–H groups in total. The quantitative estimate of drug-likeness (QED) is 0.665. The zero-order valence-electron chi connectivity index (χ0n) is 13.2. The summed E-state index contributed by atoms with van der Waals surface area (Å²) in [7, 11) is 0. The number of anilines is 1. The highest BCUT2D eigenvalue weighted by atomic mass is 16.2. The second-order valence-electron chi connectivity index (χ2n) is 5.40. The van der Waals surface area contributed by atoms with Gasteiger partial charge in [0.25, 0.3) is 5.91 Å². The van der Waals surface area contributed by atoms with E-state index in [1.165, 1.54) is 0 Å². The lowest BCUT2D eigenvalue weighted by Crippen LogP contribution is -2.21. The Morgan fingerprint density at radius 2 is 1.96 bits per heavy atom. The summed E-state index contributed by atoms with van der Waals surface area (Å²) in [6.45, 7) is 0.339. The molecule has 0 radical (unpaired) electrons. The van der Waals surface area contributed by atoms with Crippen LogP contribution in [0.25, 0.3) is 11.0 Å². The Morgan fingerprint density at radius 3 is 2.72 bits per heavy atom. The van der Waals surface area contributed by atoms with E-state index in [2.05, 4.69) is 20.6 Å². The van der Waals surface area contributed by atoms with Crippen LogP contribution in [0.2, 0.25) is 0 Å². The normalized spacial score (nSPS) is 10.2. The summed E-state index contributed by atoms with van der Waals surface area (Å²) in [4.78, 5) is 30.7. The Hall–Kier alpha value is -3.66. The van der Waals surface area contributed by atoms with E-state index in [4.69, 9.17) is 5.26 Å². The standard InChI is InChI=1S/C18H15N5O2/c19-8-7-17(24)20-10-12-1-4-14(5-2-12)23-18(25)13-3-6-15-16(9-13)22-11-21-15/h1-6,9,11H,7,10H2,(H,20,24)(H,21,22)(H,23,25). The smallest absolute Gasteiger partial charge is 0.255 e. The maximum atomic E-state index is 12.3. The van der Waals surface area contributed by atoms with E-state index < -0.39 is 0 Å². The maximum Gasteiger partial charge on any atom is 0.255 e. The number of carbonyl (C=O) groups excluding carboxylic acids is 2. The van der Waals surface area contributed by atoms with Crippen molar-refractivity contribution in [1.29, 1.82) is 5.26 Å². The summed E-state index contributed by atoms with van der Waals surface area (Å²) in [5.41, 5.74) is 3.67. The van der Waals surface area contributed by atoms with Crippen LogP contribution >= 0.6 is 0 Å². The first-order valence-corrected chi connectivity index (χ1v) is 7.63. The van der Waals surface area contributed by atoms with E-state index in [0.717, 1.165) is 16.6 Å². The second kappa shape index (κ2) is 7.27. The summed E-state index contributed by atoms with van der Waals surface area (Å²) >= 11 is 0. The Labute approximate surface area is 143 Å². The lowest BCUT2D eigenvalue weighted by molar-refractivity contribution is -0.120. The number of aromatic amines is 1. The molecule has 124 valence electrons. The van der Waals surface area contributed by atoms with Crippen molar-refractivity contribution in [3.05, 3.63) is 59.9 Å². The zero-order chi connectivity index (χ0) is 17.6. The van der Waals surface area contributed by atoms with Crippen LogP contribution in [0, 0.1) is 11.3 Å². The summed E-state index contributed by atoms with van der Waals surface area (Å²) in [5, 5.41) is 13.9. The molecule has 0 saturated heterocycles. The topological polar surface area (TPSA) is 111 Å². The summed E-state index contributed by atoms with van der Waals surface area (Å²) < 4.78 is 0. The molecule has 1 heterocycles. The number of benzene rings is 2. The van der Waals surface area contributed by atoms with Gasteiger partial charge in [0.1, 0.15) is 6.42 Å². The fourth-order valence-electron chi connectivity index (χ4n) is 2.32. The van der Waals surface area contributed by atoms with Crippen molar-refractivity contribution in [2.24, 2.45) is 0 Å². The van der Waals surface area contributed by atoms with Crippen molar-refractivity contribution in [3.8, 4) is 6.07 Å². The summed E-state index contributed by atoms with van der Waals surface area (Å²) in [6, 6.07) is 14.2. The molecule has 7 heteroatoms. The van der Waals surface area contributed by atoms with Crippen molar-refractivity contribution >= 4 is 28.5 Å². The van der Waals surface area contributed by atoms with Crippen molar-refractivity contribution in [2.75, 3.05) is 5.32 Å². The Morgan fingerprint density at radius 1 is 1.16 bits per heavy atom. The molecule has 25 heavy (non-hydrogen) atoms. The number of nitrogens with zero attached hydrogens (tertiary/aromatic N) is 2. The molecule has 2 amide bonds. The van der Waals surface area contributed by atoms with Gasteiger partial charge >= 0.3 is 0 Å². The fraction of sp³-hybridized carbons (Fsp3) is 0.111. The molecule has 0 bridgehead atoms. The number of nitrogens with one attached hydrogen (secondary N) is 3. The van der Waals surface area contributed by atoms with Crippen molar-refractivity contribution in [1.82, 2.24) is 15.3 Å². The molecule has 1 aromatic heterocycles. The third-order valence-corrected chi connectivity index (χ3v) is 3.62. The molecular formula is C18H15N5O2. The minimum Gasteiger partial charge on any atom is -0.351 e. The predicted molar refractivity (Wildman–Crippen MR) is 92.6 cm³/mol. The highest BCUT2D eigenvalue weighted by molar-refractivity contribution is 6.05. The van der Waals surface area contributed by atoms with Crippen LogP contribution < -0.4 is 10.6 Å². The predicted octanol–water partition coefficient (Wildman–Crippen LogP) is 2.35. The second-order valence-corrected chi connectivity index (χ2v) is 5.40. The minimum absolute atomic E-state index is 0.158. The largest absolute Gasteiger partial charge is 0.351 e. The van der Waals surface area contributed by atoms with E-state index in [0.29, 0.717) is 17.8 Å². The van der Waals surface area contributed by atoms with Crippen LogP contribution in [0.5, 0.6) is 0 Å². The van der Waals surface area contributed by atoms with Crippen molar-refractivity contribution in [2.45, 2.75) is 13.0 Å². The van der Waals surface area contributed by atoms with Crippen LogP contribution in [-0.2, 0) is 11.3 Å². The fourth-order valence-corrected chi connectivity index (χ4v) is 2.32. The van der Waals surface area contributed by atoms with Gasteiger partial charge in [0.15, 0.2) is 0 Å². The van der Waals surface area contributed by atoms with E-state index in [9.17, 15) is 9.59 Å². The highest BCUT2D eigenvalue weighted by Crippen LogP contribution is 2.15. The van der Waals surface area contributed by atoms with E-state index >= 15 is 0 Å². The van der Waals surface area contributed by atoms with Crippen molar-refractivity contribution in [3.63, 3.8) is 0 Å². The highest BCUT2D eigenvalue weighted by Gasteiger charge is 2.08.